The maximum Gasteiger partial charge on any atom is 0.338 e. The molecule has 0 saturated carbocycles. The van der Waals surface area contributed by atoms with Gasteiger partial charge in [-0.3, -0.25) is 0 Å². The van der Waals surface area contributed by atoms with E-state index in [0.29, 0.717) is 17.9 Å². The third-order valence-corrected chi connectivity index (χ3v) is 6.66. The highest BCUT2D eigenvalue weighted by Crippen LogP contribution is 2.47. The molecule has 2 aliphatic heterocycles. The molecule has 0 fully saturated rings. The first-order valence-electron chi connectivity index (χ1n) is 10.1. The van der Waals surface area contributed by atoms with Crippen molar-refractivity contribution in [2.45, 2.75) is 19.9 Å². The summed E-state index contributed by atoms with van der Waals surface area (Å²) < 4.78 is 6.46. The molecule has 7 heteroatoms. The average molecular weight is 498 g/mol. The summed E-state index contributed by atoms with van der Waals surface area (Å²) in [6.07, 6.45) is 0. The molecule has 2 aromatic carbocycles. The molecule has 0 aromatic heterocycles. The summed E-state index contributed by atoms with van der Waals surface area (Å²) in [5, 5.41) is 2.97. The summed E-state index contributed by atoms with van der Waals surface area (Å²) in [6.45, 7) is 4.03. The number of nitrogens with zero attached hydrogens (tertiary/aromatic N) is 3. The Balaban J connectivity index is 1.83. The predicted octanol–water partition coefficient (Wildman–Crippen LogP) is 5.81. The van der Waals surface area contributed by atoms with E-state index >= 15 is 0 Å². The van der Waals surface area contributed by atoms with E-state index in [2.05, 4.69) is 67.5 Å². The molecular formula is C24H24BrN3O2S. The molecule has 2 heterocycles. The summed E-state index contributed by atoms with van der Waals surface area (Å²) in [7, 11) is 4.03. The van der Waals surface area contributed by atoms with Gasteiger partial charge in [0.25, 0.3) is 0 Å². The molecule has 31 heavy (non-hydrogen) atoms. The van der Waals surface area contributed by atoms with Crippen LogP contribution in [0.2, 0.25) is 0 Å². The van der Waals surface area contributed by atoms with Gasteiger partial charge in [-0.05, 0) is 49.2 Å². The van der Waals surface area contributed by atoms with Crippen LogP contribution in [0.5, 0.6) is 0 Å². The molecule has 0 bridgehead atoms. The van der Waals surface area contributed by atoms with Gasteiger partial charge in [0, 0.05) is 29.7 Å². The van der Waals surface area contributed by atoms with Crippen molar-refractivity contribution in [2.24, 2.45) is 4.99 Å². The van der Waals surface area contributed by atoms with Crippen LogP contribution in [0, 0.1) is 0 Å². The van der Waals surface area contributed by atoms with Crippen LogP contribution in [0.15, 0.2) is 74.7 Å². The van der Waals surface area contributed by atoms with Crippen LogP contribution in [-0.4, -0.2) is 36.7 Å². The van der Waals surface area contributed by atoms with Gasteiger partial charge in [-0.1, -0.05) is 52.0 Å². The van der Waals surface area contributed by atoms with Gasteiger partial charge < -0.3 is 14.5 Å². The van der Waals surface area contributed by atoms with E-state index in [1.165, 1.54) is 0 Å². The maximum atomic E-state index is 13.0. The number of rotatable bonds is 5. The number of amidine groups is 1. The number of hydrogen-bond acceptors (Lipinski definition) is 6. The topological polar surface area (TPSA) is 45.1 Å². The van der Waals surface area contributed by atoms with Gasteiger partial charge in [-0.15, -0.1) is 0 Å². The lowest BCUT2D eigenvalue weighted by atomic mass is 9.93. The molecule has 5 nitrogen and oxygen atoms in total. The highest BCUT2D eigenvalue weighted by Gasteiger charge is 2.41. The Morgan fingerprint density at radius 2 is 1.84 bits per heavy atom. The van der Waals surface area contributed by atoms with Crippen LogP contribution in [0.4, 0.5) is 5.69 Å². The van der Waals surface area contributed by atoms with E-state index in [1.807, 2.05) is 40.1 Å². The first-order chi connectivity index (χ1) is 14.9. The zero-order valence-electron chi connectivity index (χ0n) is 17.9. The Morgan fingerprint density at radius 3 is 2.45 bits per heavy atom. The van der Waals surface area contributed by atoms with E-state index in [1.54, 1.807) is 11.8 Å². The SMILES string of the molecule is CCOC(=O)C1=C(C)N=C2SC=C(c3ccc(Br)cc3)N2[C@H]1c1ccc(N(C)C)cc1. The fourth-order valence-electron chi connectivity index (χ4n) is 3.75. The Hall–Kier alpha value is -2.51. The van der Waals surface area contributed by atoms with E-state index in [4.69, 9.17) is 9.73 Å². The van der Waals surface area contributed by atoms with Crippen molar-refractivity contribution in [3.8, 4) is 0 Å². The summed E-state index contributed by atoms with van der Waals surface area (Å²) in [6, 6.07) is 16.2. The number of halogens is 1. The third-order valence-electron chi connectivity index (χ3n) is 5.29. The van der Waals surface area contributed by atoms with Crippen molar-refractivity contribution in [3.63, 3.8) is 0 Å². The largest absolute Gasteiger partial charge is 0.463 e. The smallest absolute Gasteiger partial charge is 0.338 e. The minimum absolute atomic E-state index is 0.312. The Kier molecular flexibility index (Phi) is 6.25. The molecule has 4 rings (SSSR count). The van der Waals surface area contributed by atoms with Gasteiger partial charge in [0.1, 0.15) is 0 Å². The molecule has 0 unspecified atom stereocenters. The van der Waals surface area contributed by atoms with Crippen molar-refractivity contribution >= 4 is 50.2 Å². The average Bonchev–Trinajstić information content (AvgIpc) is 3.17. The molecule has 1 atom stereocenters. The summed E-state index contributed by atoms with van der Waals surface area (Å²) in [4.78, 5) is 22.0. The van der Waals surface area contributed by atoms with Crippen LogP contribution in [0.3, 0.4) is 0 Å². The number of anilines is 1. The van der Waals surface area contributed by atoms with Crippen molar-refractivity contribution in [3.05, 3.63) is 80.8 Å². The molecule has 0 aliphatic carbocycles. The fourth-order valence-corrected chi connectivity index (χ4v) is 4.99. The summed E-state index contributed by atoms with van der Waals surface area (Å²) >= 11 is 5.09. The molecule has 160 valence electrons. The number of aliphatic imine (C=N–C) groups is 1. The molecule has 0 N–H and O–H groups in total. The van der Waals surface area contributed by atoms with Gasteiger partial charge in [0.15, 0.2) is 5.17 Å². The lowest BCUT2D eigenvalue weighted by Crippen LogP contribution is -2.36. The lowest BCUT2D eigenvalue weighted by Gasteiger charge is -2.36. The second-order valence-electron chi connectivity index (χ2n) is 7.50. The van der Waals surface area contributed by atoms with Crippen LogP contribution in [-0.2, 0) is 9.53 Å². The molecule has 0 amide bonds. The number of carbonyl (C=O) groups is 1. The van der Waals surface area contributed by atoms with Crippen molar-refractivity contribution in [1.29, 1.82) is 0 Å². The van der Waals surface area contributed by atoms with Crippen molar-refractivity contribution < 1.29 is 9.53 Å². The number of carbonyl (C=O) groups excluding carboxylic acids is 1. The normalized spacial score (nSPS) is 17.8. The maximum absolute atomic E-state index is 13.0. The van der Waals surface area contributed by atoms with Crippen LogP contribution in [0.1, 0.15) is 31.0 Å². The Bertz CT molecular complexity index is 1090. The number of hydrogen-bond donors (Lipinski definition) is 0. The number of ether oxygens (including phenoxy) is 1. The minimum Gasteiger partial charge on any atom is -0.463 e. The zero-order valence-corrected chi connectivity index (χ0v) is 20.3. The summed E-state index contributed by atoms with van der Waals surface area (Å²) in [5.41, 5.74) is 5.49. The molecule has 2 aliphatic rings. The van der Waals surface area contributed by atoms with E-state index in [0.717, 1.165) is 32.2 Å². The van der Waals surface area contributed by atoms with Gasteiger partial charge >= 0.3 is 5.97 Å². The monoisotopic (exact) mass is 497 g/mol. The standard InChI is InChI=1S/C24H24BrN3O2S/c1-5-30-23(29)21-15(2)26-24-28(20(14-31-24)16-6-10-18(25)11-7-16)22(21)17-8-12-19(13-9-17)27(3)4/h6-14,22H,5H2,1-4H3/t22-/m0/s1. The van der Waals surface area contributed by atoms with Gasteiger partial charge in [0.2, 0.25) is 0 Å². The van der Waals surface area contributed by atoms with Gasteiger partial charge in [-0.2, -0.15) is 0 Å². The van der Waals surface area contributed by atoms with Crippen LogP contribution < -0.4 is 4.90 Å². The zero-order chi connectivity index (χ0) is 22.1. The van der Waals surface area contributed by atoms with Crippen molar-refractivity contribution in [2.75, 3.05) is 25.6 Å². The fraction of sp³-hybridized carbons (Fsp3) is 0.250. The number of fused-ring (bicyclic) bond motifs is 1. The minimum atomic E-state index is -0.323. The van der Waals surface area contributed by atoms with Crippen LogP contribution >= 0.6 is 27.7 Å². The third kappa shape index (κ3) is 4.16. The number of benzene rings is 2. The van der Waals surface area contributed by atoms with Gasteiger partial charge in [0.05, 0.1) is 29.6 Å². The second-order valence-corrected chi connectivity index (χ2v) is 9.25. The lowest BCUT2D eigenvalue weighted by molar-refractivity contribution is -0.139. The Morgan fingerprint density at radius 1 is 1.16 bits per heavy atom. The van der Waals surface area contributed by atoms with E-state index in [9.17, 15) is 4.79 Å². The van der Waals surface area contributed by atoms with Crippen molar-refractivity contribution in [1.82, 2.24) is 4.90 Å². The quantitative estimate of drug-likeness (QED) is 0.487. The second kappa shape index (κ2) is 8.93. The predicted molar refractivity (Wildman–Crippen MR) is 132 cm³/mol. The van der Waals surface area contributed by atoms with E-state index < -0.39 is 0 Å². The molecule has 2 aromatic rings. The molecule has 0 saturated heterocycles. The first kappa shape index (κ1) is 21.7. The molecule has 0 spiro atoms. The van der Waals surface area contributed by atoms with E-state index in [-0.39, 0.29) is 12.0 Å². The highest BCUT2D eigenvalue weighted by atomic mass is 79.9. The number of thioether (sulfide) groups is 1. The highest BCUT2D eigenvalue weighted by molar-refractivity contribution is 9.10. The van der Waals surface area contributed by atoms with Gasteiger partial charge in [-0.25, -0.2) is 9.79 Å². The molecular weight excluding hydrogens is 474 g/mol. The summed E-state index contributed by atoms with van der Waals surface area (Å²) in [5.74, 6) is -0.323. The Labute approximate surface area is 195 Å². The number of allylic oxidation sites excluding steroid dienone is 1. The number of esters is 1. The van der Waals surface area contributed by atoms with Crippen LogP contribution in [0.25, 0.3) is 5.70 Å². The molecule has 0 radical (unpaired) electrons. The first-order valence-corrected chi connectivity index (χ1v) is 11.7.